The van der Waals surface area contributed by atoms with E-state index < -0.39 is 0 Å². The van der Waals surface area contributed by atoms with Crippen molar-refractivity contribution < 1.29 is 9.53 Å². The van der Waals surface area contributed by atoms with E-state index >= 15 is 0 Å². The summed E-state index contributed by atoms with van der Waals surface area (Å²) in [5.74, 6) is 0.988. The number of nitriles is 1. The van der Waals surface area contributed by atoms with Gasteiger partial charge >= 0.3 is 0 Å². The van der Waals surface area contributed by atoms with Crippen molar-refractivity contribution >= 4 is 5.91 Å². The summed E-state index contributed by atoms with van der Waals surface area (Å²) in [5.41, 5.74) is 1.80. The van der Waals surface area contributed by atoms with E-state index in [1.807, 2.05) is 41.3 Å². The number of hydrogen-bond acceptors (Lipinski definition) is 3. The van der Waals surface area contributed by atoms with Gasteiger partial charge in [0, 0.05) is 25.9 Å². The Morgan fingerprint density at radius 1 is 1.19 bits per heavy atom. The lowest BCUT2D eigenvalue weighted by Gasteiger charge is -2.31. The highest BCUT2D eigenvalue weighted by Crippen LogP contribution is 2.21. The summed E-state index contributed by atoms with van der Waals surface area (Å²) in [6.07, 6.45) is 5.33. The molecule has 4 nitrogen and oxygen atoms in total. The van der Waals surface area contributed by atoms with Gasteiger partial charge in [0.1, 0.15) is 11.9 Å². The zero-order valence-corrected chi connectivity index (χ0v) is 15.5. The summed E-state index contributed by atoms with van der Waals surface area (Å²) >= 11 is 0. The molecule has 1 fully saturated rings. The molecule has 138 valence electrons. The quantitative estimate of drug-likeness (QED) is 0.748. The fraction of sp³-hybridized carbons (Fsp3) is 0.304. The number of benzene rings is 2. The van der Waals surface area contributed by atoms with Crippen molar-refractivity contribution in [2.45, 2.75) is 31.8 Å². The topological polar surface area (TPSA) is 53.3 Å². The second-order valence-corrected chi connectivity index (χ2v) is 6.84. The molecule has 0 spiro atoms. The summed E-state index contributed by atoms with van der Waals surface area (Å²) in [4.78, 5) is 14.3. The molecule has 1 amide bonds. The highest BCUT2D eigenvalue weighted by atomic mass is 16.5. The minimum absolute atomic E-state index is 0.0581. The van der Waals surface area contributed by atoms with Gasteiger partial charge in [-0.25, -0.2) is 0 Å². The number of hydrogen-bond donors (Lipinski definition) is 0. The largest absolute Gasteiger partial charge is 0.490 e. The number of carbonyl (C=O) groups excluding carboxylic acids is 1. The number of rotatable bonds is 5. The molecule has 27 heavy (non-hydrogen) atoms. The van der Waals surface area contributed by atoms with Gasteiger partial charge < -0.3 is 9.64 Å². The standard InChI is InChI=1S/C23H24N2O2/c1-18(20-7-3-2-4-8-20)10-11-23(26)25-14-12-21(13-15-25)27-22-9-5-6-19(16-22)17-24/h2-11,16,18,21H,12-15H2,1H3/b11-10+/t18-/m1/s1. The van der Waals surface area contributed by atoms with Crippen molar-refractivity contribution in [3.05, 3.63) is 77.9 Å². The summed E-state index contributed by atoms with van der Waals surface area (Å²) < 4.78 is 5.97. The summed E-state index contributed by atoms with van der Waals surface area (Å²) in [6.45, 7) is 3.46. The molecule has 1 aliphatic heterocycles. The molecule has 4 heteroatoms. The Kier molecular flexibility index (Phi) is 6.27. The number of nitrogens with zero attached hydrogens (tertiary/aromatic N) is 2. The Morgan fingerprint density at radius 2 is 1.93 bits per heavy atom. The van der Waals surface area contributed by atoms with E-state index in [4.69, 9.17) is 10.00 Å². The molecule has 0 radical (unpaired) electrons. The molecule has 0 bridgehead atoms. The molecule has 0 N–H and O–H groups in total. The minimum Gasteiger partial charge on any atom is -0.490 e. The smallest absolute Gasteiger partial charge is 0.246 e. The van der Waals surface area contributed by atoms with Gasteiger partial charge in [0.15, 0.2) is 0 Å². The Hall–Kier alpha value is -3.06. The van der Waals surface area contributed by atoms with E-state index in [9.17, 15) is 4.79 Å². The van der Waals surface area contributed by atoms with E-state index in [1.165, 1.54) is 5.56 Å². The van der Waals surface area contributed by atoms with Crippen molar-refractivity contribution in [3.8, 4) is 11.8 Å². The van der Waals surface area contributed by atoms with E-state index in [2.05, 4.69) is 25.1 Å². The minimum atomic E-state index is 0.0581. The maximum Gasteiger partial charge on any atom is 0.246 e. The average molecular weight is 360 g/mol. The Balaban J connectivity index is 1.49. The third-order valence-corrected chi connectivity index (χ3v) is 4.87. The van der Waals surface area contributed by atoms with Crippen LogP contribution in [0.2, 0.25) is 0 Å². The first kappa shape index (κ1) is 18.7. The van der Waals surface area contributed by atoms with Crippen LogP contribution >= 0.6 is 0 Å². The van der Waals surface area contributed by atoms with E-state index in [-0.39, 0.29) is 17.9 Å². The van der Waals surface area contributed by atoms with Crippen LogP contribution in [-0.4, -0.2) is 30.0 Å². The summed E-state index contributed by atoms with van der Waals surface area (Å²) in [6, 6.07) is 19.5. The van der Waals surface area contributed by atoms with Crippen LogP contribution in [0.1, 0.15) is 36.8 Å². The number of ether oxygens (including phenoxy) is 1. The van der Waals surface area contributed by atoms with Crippen molar-refractivity contribution in [2.24, 2.45) is 0 Å². The van der Waals surface area contributed by atoms with Gasteiger partial charge in [-0.1, -0.05) is 49.4 Å². The van der Waals surface area contributed by atoms with Gasteiger partial charge in [0.05, 0.1) is 11.6 Å². The van der Waals surface area contributed by atoms with Gasteiger partial charge in [0.25, 0.3) is 0 Å². The second-order valence-electron chi connectivity index (χ2n) is 6.84. The first-order valence-electron chi connectivity index (χ1n) is 9.34. The van der Waals surface area contributed by atoms with E-state index in [1.54, 1.807) is 18.2 Å². The van der Waals surface area contributed by atoms with Gasteiger partial charge in [-0.15, -0.1) is 0 Å². The number of allylic oxidation sites excluding steroid dienone is 1. The average Bonchev–Trinajstić information content (AvgIpc) is 2.73. The maximum absolute atomic E-state index is 12.4. The van der Waals surface area contributed by atoms with Crippen LogP contribution in [0.3, 0.4) is 0 Å². The molecule has 3 rings (SSSR count). The third-order valence-electron chi connectivity index (χ3n) is 4.87. The molecule has 0 aliphatic carbocycles. The van der Waals surface area contributed by atoms with Crippen molar-refractivity contribution in [3.63, 3.8) is 0 Å². The predicted molar refractivity (Wildman–Crippen MR) is 105 cm³/mol. The SMILES string of the molecule is C[C@H](/C=C/C(=O)N1CCC(Oc2cccc(C#N)c2)CC1)c1ccccc1. The normalized spacial score (nSPS) is 16.1. The Labute approximate surface area is 160 Å². The molecule has 1 saturated heterocycles. The fourth-order valence-electron chi connectivity index (χ4n) is 3.23. The first-order chi connectivity index (χ1) is 13.2. The number of likely N-dealkylation sites (tertiary alicyclic amines) is 1. The van der Waals surface area contributed by atoms with E-state index in [0.29, 0.717) is 18.7 Å². The molecule has 0 unspecified atom stereocenters. The monoisotopic (exact) mass is 360 g/mol. The van der Waals surface area contributed by atoms with Crippen LogP contribution in [0.15, 0.2) is 66.7 Å². The molecule has 0 aromatic heterocycles. The van der Waals surface area contributed by atoms with E-state index in [0.717, 1.165) is 18.6 Å². The summed E-state index contributed by atoms with van der Waals surface area (Å²) in [7, 11) is 0. The maximum atomic E-state index is 12.4. The van der Waals surface area contributed by atoms with Gasteiger partial charge in [0.2, 0.25) is 5.91 Å². The van der Waals surface area contributed by atoms with Crippen LogP contribution in [0, 0.1) is 11.3 Å². The third kappa shape index (κ3) is 5.21. The van der Waals surface area contributed by atoms with Crippen LogP contribution in [0.5, 0.6) is 5.75 Å². The number of carbonyl (C=O) groups is 1. The fourth-order valence-corrected chi connectivity index (χ4v) is 3.23. The predicted octanol–water partition coefficient (Wildman–Crippen LogP) is 4.29. The van der Waals surface area contributed by atoms with Gasteiger partial charge in [-0.05, 0) is 35.8 Å². The molecule has 0 saturated carbocycles. The van der Waals surface area contributed by atoms with Gasteiger partial charge in [-0.3, -0.25) is 4.79 Å². The molecule has 1 aliphatic rings. The lowest BCUT2D eigenvalue weighted by molar-refractivity contribution is -0.127. The van der Waals surface area contributed by atoms with Crippen LogP contribution in [0.4, 0.5) is 0 Å². The Morgan fingerprint density at radius 3 is 2.63 bits per heavy atom. The molecular weight excluding hydrogens is 336 g/mol. The Bertz CT molecular complexity index is 831. The highest BCUT2D eigenvalue weighted by molar-refractivity contribution is 5.87. The van der Waals surface area contributed by atoms with Gasteiger partial charge in [-0.2, -0.15) is 5.26 Å². The highest BCUT2D eigenvalue weighted by Gasteiger charge is 2.23. The van der Waals surface area contributed by atoms with Crippen molar-refractivity contribution in [1.82, 2.24) is 4.90 Å². The first-order valence-corrected chi connectivity index (χ1v) is 9.34. The zero-order valence-electron chi connectivity index (χ0n) is 15.5. The zero-order chi connectivity index (χ0) is 19.1. The lowest BCUT2D eigenvalue weighted by atomic mass is 10.0. The molecule has 1 heterocycles. The van der Waals surface area contributed by atoms with Crippen LogP contribution in [-0.2, 0) is 4.79 Å². The van der Waals surface area contributed by atoms with Crippen LogP contribution < -0.4 is 4.74 Å². The molecule has 2 aromatic carbocycles. The summed E-state index contributed by atoms with van der Waals surface area (Å²) in [5, 5.41) is 8.97. The lowest BCUT2D eigenvalue weighted by Crippen LogP contribution is -2.41. The number of amides is 1. The second kappa shape index (κ2) is 9.05. The molecule has 1 atom stereocenters. The van der Waals surface area contributed by atoms with Crippen LogP contribution in [0.25, 0.3) is 0 Å². The molecule has 2 aromatic rings. The van der Waals surface area contributed by atoms with Crippen molar-refractivity contribution in [1.29, 1.82) is 5.26 Å². The van der Waals surface area contributed by atoms with Crippen molar-refractivity contribution in [2.75, 3.05) is 13.1 Å². The number of piperidine rings is 1. The molecular formula is C23H24N2O2.